The Kier molecular flexibility index (Phi) is 9.49. The van der Waals surface area contributed by atoms with E-state index in [-0.39, 0.29) is 18.4 Å². The molecule has 0 aliphatic carbocycles. The average Bonchev–Trinajstić information content (AvgIpc) is 2.99. The molecule has 0 spiro atoms. The number of amides is 1. The van der Waals surface area contributed by atoms with Crippen LogP contribution in [0.25, 0.3) is 0 Å². The van der Waals surface area contributed by atoms with Crippen LogP contribution in [0.3, 0.4) is 0 Å². The first-order valence-corrected chi connectivity index (χ1v) is 9.65. The zero-order valence-electron chi connectivity index (χ0n) is 16.9. The van der Waals surface area contributed by atoms with Crippen LogP contribution in [0.5, 0.6) is 0 Å². The van der Waals surface area contributed by atoms with Gasteiger partial charge >= 0.3 is 11.9 Å². The van der Waals surface area contributed by atoms with Crippen molar-refractivity contribution >= 4 is 17.8 Å². The summed E-state index contributed by atoms with van der Waals surface area (Å²) < 4.78 is 10.7. The van der Waals surface area contributed by atoms with Crippen molar-refractivity contribution in [1.82, 2.24) is 4.90 Å². The molecule has 4 atom stereocenters. The van der Waals surface area contributed by atoms with E-state index in [1.54, 1.807) is 11.8 Å². The number of hydrogen-bond acceptors (Lipinski definition) is 6. The van der Waals surface area contributed by atoms with Crippen LogP contribution >= 0.6 is 0 Å². The van der Waals surface area contributed by atoms with E-state index >= 15 is 0 Å². The Morgan fingerprint density at radius 3 is 2.33 bits per heavy atom. The normalized spacial score (nSPS) is 18.6. The molecule has 1 heterocycles. The maximum Gasteiger partial charge on any atom is 0.333 e. The Morgan fingerprint density at radius 2 is 1.85 bits per heavy atom. The predicted octanol–water partition coefficient (Wildman–Crippen LogP) is 2.36. The zero-order valence-corrected chi connectivity index (χ0v) is 16.9. The predicted molar refractivity (Wildman–Crippen MR) is 101 cm³/mol. The standard InChI is InChI=1S/C20H33NO6/c1-6-17(27-20(25)13(2)3)12-18(26-15(5)22)11-16(23)10-14(4)21-9-7-8-19(21)24/h14,16-18,23H,2,6-12H2,1,3-5H3. The number of nitrogens with zero attached hydrogens (tertiary/aromatic N) is 1. The molecule has 0 radical (unpaired) electrons. The van der Waals surface area contributed by atoms with E-state index in [0.29, 0.717) is 31.3 Å². The molecule has 0 saturated carbocycles. The van der Waals surface area contributed by atoms with E-state index < -0.39 is 30.3 Å². The first-order chi connectivity index (χ1) is 12.6. The molecule has 1 aliphatic heterocycles. The third kappa shape index (κ3) is 8.12. The van der Waals surface area contributed by atoms with Crippen LogP contribution in [-0.4, -0.2) is 58.8 Å². The lowest BCUT2D eigenvalue weighted by molar-refractivity contribution is -0.153. The Labute approximate surface area is 161 Å². The molecule has 1 aliphatic rings. The molecule has 4 unspecified atom stereocenters. The van der Waals surface area contributed by atoms with Crippen LogP contribution < -0.4 is 0 Å². The summed E-state index contributed by atoms with van der Waals surface area (Å²) in [6.45, 7) is 11.0. The number of carbonyl (C=O) groups excluding carboxylic acids is 3. The van der Waals surface area contributed by atoms with Crippen molar-refractivity contribution in [3.8, 4) is 0 Å². The molecule has 0 aromatic heterocycles. The Hall–Kier alpha value is -1.89. The highest BCUT2D eigenvalue weighted by atomic mass is 16.6. The molecule has 1 amide bonds. The van der Waals surface area contributed by atoms with Crippen molar-refractivity contribution in [2.24, 2.45) is 0 Å². The number of hydrogen-bond donors (Lipinski definition) is 1. The lowest BCUT2D eigenvalue weighted by atomic mass is 9.99. The number of esters is 2. The zero-order chi connectivity index (χ0) is 20.6. The fourth-order valence-corrected chi connectivity index (χ4v) is 3.33. The first-order valence-electron chi connectivity index (χ1n) is 9.65. The van der Waals surface area contributed by atoms with Crippen molar-refractivity contribution in [3.05, 3.63) is 12.2 Å². The van der Waals surface area contributed by atoms with Gasteiger partial charge in [0.1, 0.15) is 12.2 Å². The Morgan fingerprint density at radius 1 is 1.19 bits per heavy atom. The highest BCUT2D eigenvalue weighted by Gasteiger charge is 2.29. The second-order valence-corrected chi connectivity index (χ2v) is 7.35. The second kappa shape index (κ2) is 11.1. The van der Waals surface area contributed by atoms with E-state index in [1.807, 2.05) is 13.8 Å². The van der Waals surface area contributed by atoms with Crippen LogP contribution in [0.15, 0.2) is 12.2 Å². The molecule has 0 aromatic carbocycles. The van der Waals surface area contributed by atoms with Gasteiger partial charge < -0.3 is 19.5 Å². The van der Waals surface area contributed by atoms with E-state index in [0.717, 1.165) is 13.0 Å². The molecular formula is C20H33NO6. The molecule has 1 fully saturated rings. The summed E-state index contributed by atoms with van der Waals surface area (Å²) in [5.74, 6) is -0.815. The lowest BCUT2D eigenvalue weighted by Gasteiger charge is -2.29. The number of rotatable bonds is 11. The summed E-state index contributed by atoms with van der Waals surface area (Å²) in [7, 11) is 0. The number of aliphatic hydroxyl groups excluding tert-OH is 1. The maximum absolute atomic E-state index is 11.8. The van der Waals surface area contributed by atoms with E-state index in [1.165, 1.54) is 6.92 Å². The fraction of sp³-hybridized carbons (Fsp3) is 0.750. The molecule has 7 heteroatoms. The van der Waals surface area contributed by atoms with E-state index in [4.69, 9.17) is 9.47 Å². The van der Waals surface area contributed by atoms with Gasteiger partial charge in [0.25, 0.3) is 0 Å². The van der Waals surface area contributed by atoms with Gasteiger partial charge in [-0.05, 0) is 33.1 Å². The smallest absolute Gasteiger partial charge is 0.333 e. The summed E-state index contributed by atoms with van der Waals surface area (Å²) in [6.07, 6.45) is 1.19. The summed E-state index contributed by atoms with van der Waals surface area (Å²) >= 11 is 0. The van der Waals surface area contributed by atoms with Crippen molar-refractivity contribution in [3.63, 3.8) is 0 Å². The van der Waals surface area contributed by atoms with Gasteiger partial charge in [0.2, 0.25) is 5.91 Å². The van der Waals surface area contributed by atoms with Crippen LogP contribution in [0.2, 0.25) is 0 Å². The van der Waals surface area contributed by atoms with Crippen molar-refractivity contribution < 1.29 is 29.0 Å². The number of aliphatic hydroxyl groups is 1. The summed E-state index contributed by atoms with van der Waals surface area (Å²) in [5, 5.41) is 10.5. The molecule has 27 heavy (non-hydrogen) atoms. The maximum atomic E-state index is 11.8. The van der Waals surface area contributed by atoms with Gasteiger partial charge in [-0.25, -0.2) is 4.79 Å². The van der Waals surface area contributed by atoms with E-state index in [9.17, 15) is 19.5 Å². The summed E-state index contributed by atoms with van der Waals surface area (Å²) in [4.78, 5) is 36.8. The van der Waals surface area contributed by atoms with Crippen molar-refractivity contribution in [2.75, 3.05) is 6.54 Å². The molecule has 0 aromatic rings. The van der Waals surface area contributed by atoms with Gasteiger partial charge in [-0.3, -0.25) is 9.59 Å². The number of ether oxygens (including phenoxy) is 2. The molecule has 1 saturated heterocycles. The second-order valence-electron chi connectivity index (χ2n) is 7.35. The monoisotopic (exact) mass is 383 g/mol. The highest BCUT2D eigenvalue weighted by Crippen LogP contribution is 2.21. The van der Waals surface area contributed by atoms with Crippen molar-refractivity contribution in [2.45, 2.75) is 90.6 Å². The summed E-state index contributed by atoms with van der Waals surface area (Å²) in [5.41, 5.74) is 0.307. The fourth-order valence-electron chi connectivity index (χ4n) is 3.33. The Balaban J connectivity index is 2.63. The number of likely N-dealkylation sites (tertiary alicyclic amines) is 1. The topological polar surface area (TPSA) is 93.1 Å². The SMILES string of the molecule is C=C(C)C(=O)OC(CC)CC(CC(O)CC(C)N1CCCC1=O)OC(C)=O. The van der Waals surface area contributed by atoms with Crippen LogP contribution in [0.4, 0.5) is 0 Å². The molecule has 0 bridgehead atoms. The molecule has 1 rings (SSSR count). The lowest BCUT2D eigenvalue weighted by Crippen LogP contribution is -2.37. The Bertz CT molecular complexity index is 547. The van der Waals surface area contributed by atoms with Crippen LogP contribution in [-0.2, 0) is 23.9 Å². The summed E-state index contributed by atoms with van der Waals surface area (Å²) in [6, 6.07) is -0.0730. The third-order valence-electron chi connectivity index (χ3n) is 4.73. The molecular weight excluding hydrogens is 350 g/mol. The van der Waals surface area contributed by atoms with Crippen LogP contribution in [0.1, 0.15) is 66.2 Å². The third-order valence-corrected chi connectivity index (χ3v) is 4.73. The minimum Gasteiger partial charge on any atom is -0.462 e. The molecule has 7 nitrogen and oxygen atoms in total. The average molecular weight is 383 g/mol. The quantitative estimate of drug-likeness (QED) is 0.435. The van der Waals surface area contributed by atoms with Gasteiger partial charge in [-0.2, -0.15) is 0 Å². The van der Waals surface area contributed by atoms with Gasteiger partial charge in [0, 0.05) is 44.3 Å². The minimum atomic E-state index is -0.730. The van der Waals surface area contributed by atoms with Gasteiger partial charge in [-0.1, -0.05) is 13.5 Å². The van der Waals surface area contributed by atoms with Gasteiger partial charge in [-0.15, -0.1) is 0 Å². The van der Waals surface area contributed by atoms with Gasteiger partial charge in [0.05, 0.1) is 6.10 Å². The number of carbonyl (C=O) groups is 3. The molecule has 154 valence electrons. The van der Waals surface area contributed by atoms with E-state index in [2.05, 4.69) is 6.58 Å². The highest BCUT2D eigenvalue weighted by molar-refractivity contribution is 5.87. The molecule has 1 N–H and O–H groups in total. The van der Waals surface area contributed by atoms with Crippen molar-refractivity contribution in [1.29, 1.82) is 0 Å². The minimum absolute atomic E-state index is 0.0730. The van der Waals surface area contributed by atoms with Gasteiger partial charge in [0.15, 0.2) is 0 Å². The largest absolute Gasteiger partial charge is 0.462 e. The van der Waals surface area contributed by atoms with Crippen LogP contribution in [0, 0.1) is 0 Å². The first kappa shape index (κ1) is 23.1.